The molecule has 1 N–H and O–H groups in total. The maximum absolute atomic E-state index is 12.6. The molecule has 1 aromatic heterocycles. The van der Waals surface area contributed by atoms with Crippen LogP contribution in [0.15, 0.2) is 65.8 Å². The van der Waals surface area contributed by atoms with E-state index in [1.54, 1.807) is 12.1 Å². The molecular weight excluding hydrogens is 378 g/mol. The van der Waals surface area contributed by atoms with Crippen molar-refractivity contribution in [3.63, 3.8) is 0 Å². The van der Waals surface area contributed by atoms with E-state index >= 15 is 0 Å². The number of hydrogen-bond donors (Lipinski definition) is 1. The number of nitrogens with zero attached hydrogens (tertiary/aromatic N) is 2. The Kier molecular flexibility index (Phi) is 5.24. The Bertz CT molecular complexity index is 996. The lowest BCUT2D eigenvalue weighted by Crippen LogP contribution is -2.14. The van der Waals surface area contributed by atoms with E-state index in [0.717, 1.165) is 0 Å². The third-order valence-electron chi connectivity index (χ3n) is 3.25. The topological polar surface area (TPSA) is 90.4 Å². The summed E-state index contributed by atoms with van der Waals surface area (Å²) in [4.78, 5) is 7.90. The smallest absolute Gasteiger partial charge is 0.322 e. The Labute approximate surface area is 155 Å². The lowest BCUT2D eigenvalue weighted by atomic mass is 10.3. The molecule has 1 heterocycles. The molecular formula is C17H14ClN3O4S. The predicted octanol–water partition coefficient (Wildman–Crippen LogP) is 3.73. The molecule has 2 aromatic carbocycles. The zero-order valence-corrected chi connectivity index (χ0v) is 15.2. The first kappa shape index (κ1) is 18.0. The van der Waals surface area contributed by atoms with Gasteiger partial charge in [-0.3, -0.25) is 4.72 Å². The van der Waals surface area contributed by atoms with E-state index < -0.39 is 10.0 Å². The molecule has 0 saturated carbocycles. The Balaban J connectivity index is 1.79. The Morgan fingerprint density at radius 1 is 1.04 bits per heavy atom. The molecule has 3 rings (SSSR count). The molecule has 0 saturated heterocycles. The van der Waals surface area contributed by atoms with Crippen LogP contribution in [0.1, 0.15) is 0 Å². The number of sulfonamides is 1. The van der Waals surface area contributed by atoms with Gasteiger partial charge in [0.2, 0.25) is 0 Å². The SMILES string of the molecule is COc1ccc(Cl)cc1S(=O)(=O)Nc1cnc(Oc2ccccc2)nc1. The number of benzene rings is 2. The number of hydrogen-bond acceptors (Lipinski definition) is 6. The summed E-state index contributed by atoms with van der Waals surface area (Å²) in [7, 11) is -2.55. The zero-order chi connectivity index (χ0) is 18.6. The highest BCUT2D eigenvalue weighted by Gasteiger charge is 2.20. The van der Waals surface area contributed by atoms with E-state index in [1.165, 1.54) is 37.7 Å². The first-order valence-corrected chi connectivity index (χ1v) is 9.25. The van der Waals surface area contributed by atoms with Gasteiger partial charge in [0.25, 0.3) is 10.0 Å². The molecule has 0 bridgehead atoms. The van der Waals surface area contributed by atoms with Crippen molar-refractivity contribution in [3.8, 4) is 17.5 Å². The predicted molar refractivity (Wildman–Crippen MR) is 97.4 cm³/mol. The van der Waals surface area contributed by atoms with Crippen LogP contribution in [0.4, 0.5) is 5.69 Å². The maximum Gasteiger partial charge on any atom is 0.322 e. The minimum Gasteiger partial charge on any atom is -0.495 e. The van der Waals surface area contributed by atoms with E-state index in [1.807, 2.05) is 18.2 Å². The number of halogens is 1. The number of rotatable bonds is 6. The molecule has 3 aromatic rings. The van der Waals surface area contributed by atoms with Gasteiger partial charge in [0, 0.05) is 5.02 Å². The standard InChI is InChI=1S/C17H14ClN3O4S/c1-24-15-8-7-12(18)9-16(15)26(22,23)21-13-10-19-17(20-11-13)25-14-5-3-2-4-6-14/h2-11,21H,1H3. The van der Waals surface area contributed by atoms with Crippen molar-refractivity contribution >= 4 is 27.3 Å². The van der Waals surface area contributed by atoms with Crippen molar-refractivity contribution in [3.05, 3.63) is 65.9 Å². The molecule has 26 heavy (non-hydrogen) atoms. The lowest BCUT2D eigenvalue weighted by Gasteiger charge is -2.11. The van der Waals surface area contributed by atoms with E-state index in [4.69, 9.17) is 21.1 Å². The molecule has 0 aliphatic rings. The summed E-state index contributed by atoms with van der Waals surface area (Å²) in [5.74, 6) is 0.747. The molecule has 0 unspecified atom stereocenters. The molecule has 9 heteroatoms. The fourth-order valence-electron chi connectivity index (χ4n) is 2.09. The van der Waals surface area contributed by atoms with E-state index in [-0.39, 0.29) is 27.4 Å². The molecule has 0 aliphatic heterocycles. The van der Waals surface area contributed by atoms with Crippen LogP contribution in [0.25, 0.3) is 0 Å². The lowest BCUT2D eigenvalue weighted by molar-refractivity contribution is 0.403. The summed E-state index contributed by atoms with van der Waals surface area (Å²) < 4.78 is 38.1. The van der Waals surface area contributed by atoms with Gasteiger partial charge in [0.1, 0.15) is 16.4 Å². The van der Waals surface area contributed by atoms with Crippen molar-refractivity contribution in [2.24, 2.45) is 0 Å². The fraction of sp³-hybridized carbons (Fsp3) is 0.0588. The van der Waals surface area contributed by atoms with Gasteiger partial charge in [-0.15, -0.1) is 0 Å². The Morgan fingerprint density at radius 3 is 2.38 bits per heavy atom. The number of methoxy groups -OCH3 is 1. The monoisotopic (exact) mass is 391 g/mol. The van der Waals surface area contributed by atoms with Crippen LogP contribution in [0, 0.1) is 0 Å². The van der Waals surface area contributed by atoms with Gasteiger partial charge in [-0.2, -0.15) is 0 Å². The number of para-hydroxylation sites is 1. The van der Waals surface area contributed by atoms with E-state index in [9.17, 15) is 8.42 Å². The van der Waals surface area contributed by atoms with Gasteiger partial charge in [-0.1, -0.05) is 29.8 Å². The Hall–Kier alpha value is -2.84. The average Bonchev–Trinajstić information content (AvgIpc) is 2.64. The highest BCUT2D eigenvalue weighted by molar-refractivity contribution is 7.92. The maximum atomic E-state index is 12.6. The van der Waals surface area contributed by atoms with Crippen molar-refractivity contribution in [1.82, 2.24) is 9.97 Å². The second kappa shape index (κ2) is 7.59. The number of ether oxygens (including phenoxy) is 2. The first-order valence-electron chi connectivity index (χ1n) is 7.39. The minimum atomic E-state index is -3.93. The zero-order valence-electron chi connectivity index (χ0n) is 13.6. The molecule has 0 atom stereocenters. The van der Waals surface area contributed by atoms with Gasteiger partial charge in [0.05, 0.1) is 25.2 Å². The summed E-state index contributed by atoms with van der Waals surface area (Å²) in [5.41, 5.74) is 0.174. The highest BCUT2D eigenvalue weighted by Crippen LogP contribution is 2.28. The van der Waals surface area contributed by atoms with E-state index in [0.29, 0.717) is 5.75 Å². The number of aromatic nitrogens is 2. The summed E-state index contributed by atoms with van der Waals surface area (Å²) in [5, 5.41) is 0.272. The largest absolute Gasteiger partial charge is 0.495 e. The van der Waals surface area contributed by atoms with Crippen LogP contribution in [0.5, 0.6) is 17.5 Å². The summed E-state index contributed by atoms with van der Waals surface area (Å²) in [6.07, 6.45) is 2.61. The molecule has 7 nitrogen and oxygen atoms in total. The van der Waals surface area contributed by atoms with Crippen LogP contribution in [-0.4, -0.2) is 25.5 Å². The van der Waals surface area contributed by atoms with Crippen LogP contribution in [0.2, 0.25) is 5.02 Å². The van der Waals surface area contributed by atoms with Gasteiger partial charge >= 0.3 is 6.01 Å². The minimum absolute atomic E-state index is 0.0860. The highest BCUT2D eigenvalue weighted by atomic mass is 35.5. The van der Waals surface area contributed by atoms with Gasteiger partial charge < -0.3 is 9.47 Å². The van der Waals surface area contributed by atoms with Crippen LogP contribution >= 0.6 is 11.6 Å². The van der Waals surface area contributed by atoms with Gasteiger partial charge in [-0.25, -0.2) is 18.4 Å². The third kappa shape index (κ3) is 4.22. The number of nitrogens with one attached hydrogen (secondary N) is 1. The summed E-state index contributed by atoms with van der Waals surface area (Å²) in [6.45, 7) is 0. The normalized spacial score (nSPS) is 11.0. The van der Waals surface area contributed by atoms with Crippen molar-refractivity contribution in [2.75, 3.05) is 11.8 Å². The Morgan fingerprint density at radius 2 is 1.73 bits per heavy atom. The van der Waals surface area contributed by atoms with Crippen molar-refractivity contribution < 1.29 is 17.9 Å². The van der Waals surface area contributed by atoms with Gasteiger partial charge in [0.15, 0.2) is 0 Å². The van der Waals surface area contributed by atoms with Gasteiger partial charge in [-0.05, 0) is 30.3 Å². The molecule has 0 spiro atoms. The molecule has 0 fully saturated rings. The molecule has 0 radical (unpaired) electrons. The second-order valence-electron chi connectivity index (χ2n) is 5.07. The van der Waals surface area contributed by atoms with Crippen molar-refractivity contribution in [1.29, 1.82) is 0 Å². The van der Waals surface area contributed by atoms with Crippen LogP contribution in [0.3, 0.4) is 0 Å². The fourth-order valence-corrected chi connectivity index (χ4v) is 3.55. The quantitative estimate of drug-likeness (QED) is 0.688. The second-order valence-corrected chi connectivity index (χ2v) is 7.16. The number of anilines is 1. The van der Waals surface area contributed by atoms with Crippen LogP contribution < -0.4 is 14.2 Å². The molecule has 134 valence electrons. The van der Waals surface area contributed by atoms with E-state index in [2.05, 4.69) is 14.7 Å². The average molecular weight is 392 g/mol. The molecule has 0 aliphatic carbocycles. The van der Waals surface area contributed by atoms with Crippen LogP contribution in [-0.2, 0) is 10.0 Å². The summed E-state index contributed by atoms with van der Waals surface area (Å²) in [6, 6.07) is 13.4. The third-order valence-corrected chi connectivity index (χ3v) is 4.89. The van der Waals surface area contributed by atoms with Crippen molar-refractivity contribution in [2.45, 2.75) is 4.90 Å². The molecule has 0 amide bonds. The first-order chi connectivity index (χ1) is 12.5. The summed E-state index contributed by atoms with van der Waals surface area (Å²) >= 11 is 5.89.